The van der Waals surface area contributed by atoms with E-state index in [0.29, 0.717) is 36.1 Å². The van der Waals surface area contributed by atoms with Crippen molar-refractivity contribution in [2.75, 3.05) is 18.5 Å². The fraction of sp³-hybridized carbons (Fsp3) is 0.211. The van der Waals surface area contributed by atoms with E-state index < -0.39 is 10.8 Å². The predicted molar refractivity (Wildman–Crippen MR) is 109 cm³/mol. The Bertz CT molecular complexity index is 1040. The normalized spacial score (nSPS) is 12.8. The van der Waals surface area contributed by atoms with E-state index in [1.165, 1.54) is 6.07 Å². The van der Waals surface area contributed by atoms with Crippen molar-refractivity contribution < 1.29 is 24.0 Å². The SMILES string of the molecule is C/C(CC(=O)Nc1ccc2c(c1)OCCO2)=N/NC(=O)c1ccc([N+](=O)[O-])cc1Cl. The van der Waals surface area contributed by atoms with E-state index in [2.05, 4.69) is 15.8 Å². The summed E-state index contributed by atoms with van der Waals surface area (Å²) in [6, 6.07) is 8.54. The van der Waals surface area contributed by atoms with Crippen LogP contribution in [-0.2, 0) is 4.79 Å². The number of fused-ring (bicyclic) bond motifs is 1. The molecule has 1 aliphatic rings. The summed E-state index contributed by atoms with van der Waals surface area (Å²) < 4.78 is 10.9. The van der Waals surface area contributed by atoms with Crippen molar-refractivity contribution >= 4 is 40.5 Å². The second-order valence-electron chi connectivity index (χ2n) is 6.29. The van der Waals surface area contributed by atoms with Crippen molar-refractivity contribution in [3.8, 4) is 11.5 Å². The van der Waals surface area contributed by atoms with Gasteiger partial charge in [0.2, 0.25) is 5.91 Å². The predicted octanol–water partition coefficient (Wildman–Crippen LogP) is 3.15. The molecule has 2 amide bonds. The number of hydrogen-bond acceptors (Lipinski definition) is 7. The van der Waals surface area contributed by atoms with E-state index in [0.717, 1.165) is 12.1 Å². The van der Waals surface area contributed by atoms with Gasteiger partial charge in [0.15, 0.2) is 11.5 Å². The highest BCUT2D eigenvalue weighted by Gasteiger charge is 2.16. The Morgan fingerprint density at radius 1 is 1.17 bits per heavy atom. The Labute approximate surface area is 176 Å². The number of halogens is 1. The Morgan fingerprint density at radius 2 is 1.90 bits per heavy atom. The third-order valence-electron chi connectivity index (χ3n) is 4.00. The van der Waals surface area contributed by atoms with Gasteiger partial charge in [-0.3, -0.25) is 19.7 Å². The Balaban J connectivity index is 1.56. The Morgan fingerprint density at radius 3 is 2.60 bits per heavy atom. The second kappa shape index (κ2) is 9.23. The number of nitro groups is 1. The van der Waals surface area contributed by atoms with Crippen LogP contribution in [0.15, 0.2) is 41.5 Å². The molecule has 156 valence electrons. The third kappa shape index (κ3) is 5.23. The monoisotopic (exact) mass is 432 g/mol. The minimum atomic E-state index is -0.651. The number of hydrogen-bond donors (Lipinski definition) is 2. The number of rotatable bonds is 6. The molecule has 0 aromatic heterocycles. The number of carbonyl (C=O) groups excluding carboxylic acids is 2. The molecule has 1 heterocycles. The molecule has 10 nitrogen and oxygen atoms in total. The molecular weight excluding hydrogens is 416 g/mol. The van der Waals surface area contributed by atoms with Crippen LogP contribution in [0, 0.1) is 10.1 Å². The van der Waals surface area contributed by atoms with Crippen molar-refractivity contribution in [3.05, 3.63) is 57.1 Å². The molecule has 1 aliphatic heterocycles. The Kier molecular flexibility index (Phi) is 6.48. The number of benzene rings is 2. The van der Waals surface area contributed by atoms with Crippen LogP contribution in [0.2, 0.25) is 5.02 Å². The number of non-ortho nitro benzene ring substituents is 1. The molecule has 0 unspecified atom stereocenters. The molecule has 11 heteroatoms. The van der Waals surface area contributed by atoms with E-state index in [9.17, 15) is 19.7 Å². The lowest BCUT2D eigenvalue weighted by Crippen LogP contribution is -2.22. The summed E-state index contributed by atoms with van der Waals surface area (Å²) in [5.74, 6) is 0.179. The van der Waals surface area contributed by atoms with Gasteiger partial charge in [-0.05, 0) is 25.1 Å². The van der Waals surface area contributed by atoms with E-state index in [4.69, 9.17) is 21.1 Å². The zero-order valence-corrected chi connectivity index (χ0v) is 16.6. The maximum Gasteiger partial charge on any atom is 0.272 e. The second-order valence-corrected chi connectivity index (χ2v) is 6.70. The van der Waals surface area contributed by atoms with Gasteiger partial charge in [-0.2, -0.15) is 5.10 Å². The largest absolute Gasteiger partial charge is 0.486 e. The van der Waals surface area contributed by atoms with Crippen molar-refractivity contribution in [1.29, 1.82) is 0 Å². The maximum absolute atomic E-state index is 12.2. The summed E-state index contributed by atoms with van der Waals surface area (Å²) in [4.78, 5) is 34.5. The summed E-state index contributed by atoms with van der Waals surface area (Å²) in [5.41, 5.74) is 2.96. The lowest BCUT2D eigenvalue weighted by molar-refractivity contribution is -0.384. The number of nitrogens with one attached hydrogen (secondary N) is 2. The molecule has 2 aromatic rings. The van der Waals surface area contributed by atoms with Crippen molar-refractivity contribution in [3.63, 3.8) is 0 Å². The van der Waals surface area contributed by atoms with Crippen LogP contribution in [0.1, 0.15) is 23.7 Å². The van der Waals surface area contributed by atoms with Crippen molar-refractivity contribution in [2.45, 2.75) is 13.3 Å². The molecule has 0 radical (unpaired) electrons. The maximum atomic E-state index is 12.2. The molecule has 0 saturated carbocycles. The van der Waals surface area contributed by atoms with Crippen LogP contribution < -0.4 is 20.2 Å². The quantitative estimate of drug-likeness (QED) is 0.409. The van der Waals surface area contributed by atoms with Crippen LogP contribution in [0.3, 0.4) is 0 Å². The van der Waals surface area contributed by atoms with Gasteiger partial charge < -0.3 is 14.8 Å². The van der Waals surface area contributed by atoms with Gasteiger partial charge in [0.05, 0.1) is 21.9 Å². The van der Waals surface area contributed by atoms with Gasteiger partial charge in [0, 0.05) is 29.6 Å². The number of amides is 2. The van der Waals surface area contributed by atoms with E-state index in [1.807, 2.05) is 0 Å². The van der Waals surface area contributed by atoms with Gasteiger partial charge in [-0.25, -0.2) is 5.43 Å². The third-order valence-corrected chi connectivity index (χ3v) is 4.31. The summed E-state index contributed by atoms with van der Waals surface area (Å²) in [5, 5.41) is 17.2. The highest BCUT2D eigenvalue weighted by atomic mass is 35.5. The van der Waals surface area contributed by atoms with Gasteiger partial charge in [0.25, 0.3) is 11.6 Å². The number of hydrazone groups is 1. The van der Waals surface area contributed by atoms with Gasteiger partial charge in [-0.15, -0.1) is 0 Å². The molecule has 0 bridgehead atoms. The molecule has 0 saturated heterocycles. The first kappa shape index (κ1) is 21.1. The number of anilines is 1. The highest BCUT2D eigenvalue weighted by molar-refractivity contribution is 6.34. The summed E-state index contributed by atoms with van der Waals surface area (Å²) in [6.07, 6.45) is -0.0668. The topological polar surface area (TPSA) is 132 Å². The standard InChI is InChI=1S/C19H17ClN4O6/c1-11(22-23-19(26)14-4-3-13(24(27)28)10-15(14)20)8-18(25)21-12-2-5-16-17(9-12)30-7-6-29-16/h2-5,9-10H,6-8H2,1H3,(H,21,25)(H,23,26)/b22-11-. The van der Waals surface area contributed by atoms with E-state index in [-0.39, 0.29) is 28.6 Å². The lowest BCUT2D eigenvalue weighted by atomic mass is 10.2. The fourth-order valence-electron chi connectivity index (χ4n) is 2.61. The van der Waals surface area contributed by atoms with Gasteiger partial charge in [0.1, 0.15) is 13.2 Å². The van der Waals surface area contributed by atoms with Crippen molar-refractivity contribution in [2.24, 2.45) is 5.10 Å². The summed E-state index contributed by atoms with van der Waals surface area (Å²) >= 11 is 5.91. The molecule has 0 aliphatic carbocycles. The molecule has 0 spiro atoms. The minimum Gasteiger partial charge on any atom is -0.486 e. The first-order valence-corrected chi connectivity index (χ1v) is 9.18. The van der Waals surface area contributed by atoms with Crippen LogP contribution >= 0.6 is 11.6 Å². The molecule has 2 aromatic carbocycles. The van der Waals surface area contributed by atoms with Crippen LogP contribution in [0.4, 0.5) is 11.4 Å². The average Bonchev–Trinajstić information content (AvgIpc) is 2.71. The molecule has 2 N–H and O–H groups in total. The van der Waals surface area contributed by atoms with Gasteiger partial charge >= 0.3 is 0 Å². The van der Waals surface area contributed by atoms with Crippen molar-refractivity contribution in [1.82, 2.24) is 5.43 Å². The van der Waals surface area contributed by atoms with Crippen LogP contribution in [0.5, 0.6) is 11.5 Å². The van der Waals surface area contributed by atoms with Crippen LogP contribution in [0.25, 0.3) is 0 Å². The fourth-order valence-corrected chi connectivity index (χ4v) is 2.87. The summed E-state index contributed by atoms with van der Waals surface area (Å²) in [6.45, 7) is 2.49. The minimum absolute atomic E-state index is 0.0274. The highest BCUT2D eigenvalue weighted by Crippen LogP contribution is 2.32. The molecular formula is C19H17ClN4O6. The first-order chi connectivity index (χ1) is 14.3. The Hall–Kier alpha value is -3.66. The zero-order valence-electron chi connectivity index (χ0n) is 15.8. The molecule has 0 atom stereocenters. The summed E-state index contributed by atoms with van der Waals surface area (Å²) in [7, 11) is 0. The number of nitro benzene ring substituents is 1. The number of carbonyl (C=O) groups is 2. The number of ether oxygens (including phenoxy) is 2. The first-order valence-electron chi connectivity index (χ1n) is 8.80. The molecule has 0 fully saturated rings. The van der Waals surface area contributed by atoms with Crippen LogP contribution in [-0.4, -0.2) is 35.7 Å². The molecule has 3 rings (SSSR count). The van der Waals surface area contributed by atoms with Gasteiger partial charge in [-0.1, -0.05) is 11.6 Å². The average molecular weight is 433 g/mol. The lowest BCUT2D eigenvalue weighted by Gasteiger charge is -2.19. The molecule has 30 heavy (non-hydrogen) atoms. The number of nitrogens with zero attached hydrogens (tertiary/aromatic N) is 2. The zero-order chi connectivity index (χ0) is 21.7. The van der Waals surface area contributed by atoms with E-state index >= 15 is 0 Å². The van der Waals surface area contributed by atoms with E-state index in [1.54, 1.807) is 25.1 Å². The smallest absolute Gasteiger partial charge is 0.272 e.